The van der Waals surface area contributed by atoms with Crippen LogP contribution in [0.1, 0.15) is 30.3 Å². The SMILES string of the molecule is COCC(=O)Nc1ncncc1-c1noc(C2CCCN2Cc2cccc(OC(F)(F)F)c2)n1. The summed E-state index contributed by atoms with van der Waals surface area (Å²) in [6.07, 6.45) is -0.417. The molecule has 1 fully saturated rings. The van der Waals surface area contributed by atoms with Crippen molar-refractivity contribution in [1.82, 2.24) is 25.0 Å². The normalized spacial score (nSPS) is 16.5. The highest BCUT2D eigenvalue weighted by Crippen LogP contribution is 2.34. The molecule has 0 bridgehead atoms. The number of hydrogen-bond donors (Lipinski definition) is 1. The Balaban J connectivity index is 1.50. The third kappa shape index (κ3) is 5.85. The van der Waals surface area contributed by atoms with Gasteiger partial charge in [0.05, 0.1) is 11.6 Å². The number of nitrogens with one attached hydrogen (secondary N) is 1. The molecule has 1 atom stereocenters. The number of anilines is 1. The average molecular weight is 478 g/mol. The molecule has 13 heteroatoms. The molecule has 3 aromatic rings. The van der Waals surface area contributed by atoms with Crippen molar-refractivity contribution in [2.24, 2.45) is 0 Å². The van der Waals surface area contributed by atoms with Crippen LogP contribution < -0.4 is 10.1 Å². The summed E-state index contributed by atoms with van der Waals surface area (Å²) in [5, 5.41) is 6.63. The first-order valence-corrected chi connectivity index (χ1v) is 10.3. The highest BCUT2D eigenvalue weighted by molar-refractivity contribution is 5.93. The number of amides is 1. The van der Waals surface area contributed by atoms with Crippen LogP contribution in [-0.4, -0.2) is 57.5 Å². The molecular formula is C21H21F3N6O4. The molecule has 2 aromatic heterocycles. The molecule has 1 unspecified atom stereocenters. The van der Waals surface area contributed by atoms with Gasteiger partial charge in [-0.1, -0.05) is 17.3 Å². The van der Waals surface area contributed by atoms with Crippen LogP contribution >= 0.6 is 0 Å². The molecule has 1 amide bonds. The maximum atomic E-state index is 12.5. The van der Waals surface area contributed by atoms with Gasteiger partial charge in [0.25, 0.3) is 5.91 Å². The first-order chi connectivity index (χ1) is 16.3. The van der Waals surface area contributed by atoms with Crippen molar-refractivity contribution in [2.45, 2.75) is 31.8 Å². The number of benzene rings is 1. The third-order valence-electron chi connectivity index (χ3n) is 5.09. The van der Waals surface area contributed by atoms with E-state index in [1.54, 1.807) is 6.07 Å². The van der Waals surface area contributed by atoms with Gasteiger partial charge in [0.1, 0.15) is 24.5 Å². The van der Waals surface area contributed by atoms with Gasteiger partial charge in [-0.3, -0.25) is 9.69 Å². The quantitative estimate of drug-likeness (QED) is 0.520. The topological polar surface area (TPSA) is 116 Å². The van der Waals surface area contributed by atoms with Crippen LogP contribution in [0, 0.1) is 0 Å². The van der Waals surface area contributed by atoms with Crippen LogP contribution in [0.2, 0.25) is 0 Å². The van der Waals surface area contributed by atoms with Crippen LogP contribution in [0.15, 0.2) is 41.3 Å². The number of nitrogens with zero attached hydrogens (tertiary/aromatic N) is 5. The molecule has 3 heterocycles. The van der Waals surface area contributed by atoms with E-state index in [9.17, 15) is 18.0 Å². The summed E-state index contributed by atoms with van der Waals surface area (Å²) in [6, 6.07) is 5.64. The van der Waals surface area contributed by atoms with Gasteiger partial charge in [-0.25, -0.2) is 9.97 Å². The van der Waals surface area contributed by atoms with E-state index >= 15 is 0 Å². The number of carbonyl (C=O) groups excluding carboxylic acids is 1. The highest BCUT2D eigenvalue weighted by atomic mass is 19.4. The lowest BCUT2D eigenvalue weighted by Gasteiger charge is -2.21. The van der Waals surface area contributed by atoms with Crippen LogP contribution in [0.5, 0.6) is 5.75 Å². The van der Waals surface area contributed by atoms with E-state index in [-0.39, 0.29) is 30.0 Å². The van der Waals surface area contributed by atoms with Gasteiger partial charge < -0.3 is 19.3 Å². The summed E-state index contributed by atoms with van der Waals surface area (Å²) in [5.74, 6) is 0.107. The standard InChI is InChI=1S/C21H21F3N6O4/c1-32-11-17(31)27-18-15(9-25-12-26-18)19-28-20(34-29-19)16-6-3-7-30(16)10-13-4-2-5-14(8-13)33-21(22,23)24/h2,4-5,8-9,12,16H,3,6-7,10-11H2,1H3,(H,25,26,27,31). The zero-order valence-corrected chi connectivity index (χ0v) is 18.1. The lowest BCUT2D eigenvalue weighted by atomic mass is 10.1. The van der Waals surface area contributed by atoms with Crippen molar-refractivity contribution in [3.63, 3.8) is 0 Å². The zero-order chi connectivity index (χ0) is 24.1. The minimum Gasteiger partial charge on any atom is -0.406 e. The second-order valence-electron chi connectivity index (χ2n) is 7.55. The van der Waals surface area contributed by atoms with Crippen molar-refractivity contribution in [3.05, 3.63) is 48.2 Å². The summed E-state index contributed by atoms with van der Waals surface area (Å²) in [6.45, 7) is 0.941. The summed E-state index contributed by atoms with van der Waals surface area (Å²) in [5.41, 5.74) is 1.04. The Labute approximate surface area is 192 Å². The van der Waals surface area contributed by atoms with Gasteiger partial charge in [-0.15, -0.1) is 13.2 Å². The lowest BCUT2D eigenvalue weighted by Crippen LogP contribution is -2.23. The molecule has 0 spiro atoms. The van der Waals surface area contributed by atoms with E-state index in [4.69, 9.17) is 9.26 Å². The van der Waals surface area contributed by atoms with Crippen molar-refractivity contribution in [3.8, 4) is 17.1 Å². The highest BCUT2D eigenvalue weighted by Gasteiger charge is 2.33. The van der Waals surface area contributed by atoms with Crippen molar-refractivity contribution in [1.29, 1.82) is 0 Å². The van der Waals surface area contributed by atoms with Crippen LogP contribution in [0.25, 0.3) is 11.4 Å². The van der Waals surface area contributed by atoms with Crippen LogP contribution in [0.3, 0.4) is 0 Å². The van der Waals surface area contributed by atoms with Crippen molar-refractivity contribution >= 4 is 11.7 Å². The fraction of sp³-hybridized carbons (Fsp3) is 0.381. The Morgan fingerprint density at radius 3 is 3.00 bits per heavy atom. The number of aromatic nitrogens is 4. The predicted octanol–water partition coefficient (Wildman–Crippen LogP) is 3.35. The van der Waals surface area contributed by atoms with Gasteiger partial charge in [-0.2, -0.15) is 4.98 Å². The Kier molecular flexibility index (Phi) is 7.03. The molecule has 4 rings (SSSR count). The molecule has 1 N–H and O–H groups in total. The number of alkyl halides is 3. The number of halogens is 3. The van der Waals surface area contributed by atoms with E-state index < -0.39 is 12.3 Å². The third-order valence-corrected chi connectivity index (χ3v) is 5.09. The number of rotatable bonds is 8. The smallest absolute Gasteiger partial charge is 0.406 e. The Morgan fingerprint density at radius 1 is 1.35 bits per heavy atom. The molecule has 1 saturated heterocycles. The van der Waals surface area contributed by atoms with E-state index in [2.05, 4.69) is 30.2 Å². The monoisotopic (exact) mass is 478 g/mol. The van der Waals surface area contributed by atoms with Gasteiger partial charge in [0, 0.05) is 19.9 Å². The molecule has 34 heavy (non-hydrogen) atoms. The number of likely N-dealkylation sites (tertiary alicyclic amines) is 1. The molecule has 0 aliphatic carbocycles. The molecule has 0 saturated carbocycles. The minimum absolute atomic E-state index is 0.146. The zero-order valence-electron chi connectivity index (χ0n) is 18.1. The Bertz CT molecular complexity index is 1140. The van der Waals surface area contributed by atoms with E-state index in [0.29, 0.717) is 30.1 Å². The maximum Gasteiger partial charge on any atom is 0.573 e. The first-order valence-electron chi connectivity index (χ1n) is 10.3. The Hall–Kier alpha value is -3.58. The Morgan fingerprint density at radius 2 is 2.21 bits per heavy atom. The first kappa shape index (κ1) is 23.6. The predicted molar refractivity (Wildman–Crippen MR) is 111 cm³/mol. The summed E-state index contributed by atoms with van der Waals surface area (Å²) in [4.78, 5) is 26.5. The fourth-order valence-corrected chi connectivity index (χ4v) is 3.74. The molecule has 0 radical (unpaired) electrons. The van der Waals surface area contributed by atoms with Gasteiger partial charge in [-0.05, 0) is 37.1 Å². The van der Waals surface area contributed by atoms with Crippen LogP contribution in [-0.2, 0) is 16.1 Å². The van der Waals surface area contributed by atoms with E-state index in [0.717, 1.165) is 12.8 Å². The molecule has 1 aromatic carbocycles. The van der Waals surface area contributed by atoms with Gasteiger partial charge in [0.15, 0.2) is 0 Å². The summed E-state index contributed by atoms with van der Waals surface area (Å²) >= 11 is 0. The van der Waals surface area contributed by atoms with Gasteiger partial charge in [0.2, 0.25) is 11.7 Å². The number of hydrogen-bond acceptors (Lipinski definition) is 9. The molecule has 1 aliphatic rings. The van der Waals surface area contributed by atoms with E-state index in [1.807, 2.05) is 4.90 Å². The number of ether oxygens (including phenoxy) is 2. The molecule has 1 aliphatic heterocycles. The minimum atomic E-state index is -4.75. The average Bonchev–Trinajstić information content (AvgIpc) is 3.43. The number of methoxy groups -OCH3 is 1. The summed E-state index contributed by atoms with van der Waals surface area (Å²) < 4.78 is 52.0. The second-order valence-corrected chi connectivity index (χ2v) is 7.55. The largest absolute Gasteiger partial charge is 0.573 e. The molecule has 10 nitrogen and oxygen atoms in total. The molecule has 180 valence electrons. The maximum absolute atomic E-state index is 12.5. The summed E-state index contributed by atoms with van der Waals surface area (Å²) in [7, 11) is 1.40. The van der Waals surface area contributed by atoms with Crippen molar-refractivity contribution in [2.75, 3.05) is 25.6 Å². The van der Waals surface area contributed by atoms with Crippen LogP contribution in [0.4, 0.5) is 19.0 Å². The fourth-order valence-electron chi connectivity index (χ4n) is 3.74. The molecular weight excluding hydrogens is 457 g/mol. The number of carbonyl (C=O) groups is 1. The lowest BCUT2D eigenvalue weighted by molar-refractivity contribution is -0.274. The van der Waals surface area contributed by atoms with E-state index in [1.165, 1.54) is 37.8 Å². The van der Waals surface area contributed by atoms with Crippen molar-refractivity contribution < 1.29 is 32.0 Å². The van der Waals surface area contributed by atoms with Gasteiger partial charge >= 0.3 is 6.36 Å². The second kappa shape index (κ2) is 10.1.